The highest BCUT2D eigenvalue weighted by Crippen LogP contribution is 2.11. The summed E-state index contributed by atoms with van der Waals surface area (Å²) in [6.07, 6.45) is 1.53. The van der Waals surface area contributed by atoms with E-state index in [1.165, 1.54) is 6.20 Å². The van der Waals surface area contributed by atoms with Crippen molar-refractivity contribution in [1.29, 1.82) is 0 Å². The summed E-state index contributed by atoms with van der Waals surface area (Å²) in [5.74, 6) is 0.814. The molecule has 1 amide bonds. The zero-order valence-corrected chi connectivity index (χ0v) is 11.7. The van der Waals surface area contributed by atoms with Crippen molar-refractivity contribution in [3.63, 3.8) is 0 Å². The van der Waals surface area contributed by atoms with Gasteiger partial charge in [0.05, 0.1) is 5.56 Å². The number of carbonyl (C=O) groups excluding carboxylic acids is 1. The molecule has 0 aliphatic carbocycles. The van der Waals surface area contributed by atoms with E-state index in [-0.39, 0.29) is 5.91 Å². The van der Waals surface area contributed by atoms with E-state index in [4.69, 9.17) is 0 Å². The van der Waals surface area contributed by atoms with Gasteiger partial charge < -0.3 is 4.90 Å². The Morgan fingerprint density at radius 2 is 1.75 bits per heavy atom. The van der Waals surface area contributed by atoms with Gasteiger partial charge in [-0.1, -0.05) is 0 Å². The van der Waals surface area contributed by atoms with Crippen LogP contribution in [0.4, 0.5) is 0 Å². The second-order valence-corrected chi connectivity index (χ2v) is 4.18. The number of aromatic nitrogens is 5. The van der Waals surface area contributed by atoms with Gasteiger partial charge in [0, 0.05) is 19.3 Å². The van der Waals surface area contributed by atoms with E-state index in [9.17, 15) is 4.79 Å². The van der Waals surface area contributed by atoms with Crippen molar-refractivity contribution in [3.05, 3.63) is 29.7 Å². The molecule has 0 N–H and O–H groups in total. The third kappa shape index (κ3) is 2.93. The van der Waals surface area contributed by atoms with E-state index in [1.807, 2.05) is 13.8 Å². The van der Waals surface area contributed by atoms with Crippen molar-refractivity contribution in [3.8, 4) is 11.5 Å². The molecule has 0 fully saturated rings. The molecule has 0 aliphatic heterocycles. The molecule has 2 heterocycles. The van der Waals surface area contributed by atoms with Crippen LogP contribution in [-0.4, -0.2) is 49.3 Å². The molecule has 0 bridgehead atoms. The summed E-state index contributed by atoms with van der Waals surface area (Å²) in [7, 11) is 0. The molecule has 0 unspecified atom stereocenters. The van der Waals surface area contributed by atoms with Crippen LogP contribution in [0.25, 0.3) is 11.5 Å². The van der Waals surface area contributed by atoms with Crippen molar-refractivity contribution in [2.75, 3.05) is 13.1 Å². The van der Waals surface area contributed by atoms with Crippen LogP contribution >= 0.6 is 0 Å². The first-order valence-electron chi connectivity index (χ1n) is 6.45. The van der Waals surface area contributed by atoms with Gasteiger partial charge in [0.1, 0.15) is 5.69 Å². The van der Waals surface area contributed by atoms with Gasteiger partial charge in [-0.05, 0) is 32.9 Å². The van der Waals surface area contributed by atoms with E-state index < -0.39 is 0 Å². The molecule has 0 radical (unpaired) electrons. The largest absolute Gasteiger partial charge is 0.339 e. The van der Waals surface area contributed by atoms with Gasteiger partial charge in [0.2, 0.25) is 5.82 Å². The van der Waals surface area contributed by atoms with Crippen LogP contribution in [0.15, 0.2) is 18.3 Å². The lowest BCUT2D eigenvalue weighted by Gasteiger charge is -2.18. The number of carbonyl (C=O) groups is 1. The molecule has 7 heteroatoms. The molecule has 0 atom stereocenters. The second-order valence-electron chi connectivity index (χ2n) is 4.18. The lowest BCUT2D eigenvalue weighted by molar-refractivity contribution is 0.0772. The van der Waals surface area contributed by atoms with Crippen LogP contribution in [0.3, 0.4) is 0 Å². The zero-order chi connectivity index (χ0) is 14.5. The lowest BCUT2D eigenvalue weighted by Crippen LogP contribution is -2.30. The van der Waals surface area contributed by atoms with Gasteiger partial charge in [0.15, 0.2) is 5.82 Å². The SMILES string of the molecule is CCN(CC)C(=O)c1ccc(-c2nnc(C)nn2)nc1. The molecule has 0 aromatic carbocycles. The summed E-state index contributed by atoms with van der Waals surface area (Å²) in [6.45, 7) is 6.95. The van der Waals surface area contributed by atoms with E-state index in [2.05, 4.69) is 25.4 Å². The molecular formula is C13H16N6O. The fraction of sp³-hybridized carbons (Fsp3) is 0.385. The van der Waals surface area contributed by atoms with Crippen molar-refractivity contribution in [2.24, 2.45) is 0 Å². The quantitative estimate of drug-likeness (QED) is 0.829. The normalized spacial score (nSPS) is 10.3. The second kappa shape index (κ2) is 6.14. The van der Waals surface area contributed by atoms with Crippen LogP contribution in [0, 0.1) is 6.92 Å². The Morgan fingerprint density at radius 3 is 2.25 bits per heavy atom. The van der Waals surface area contributed by atoms with Crippen molar-refractivity contribution >= 4 is 5.91 Å². The Bertz CT molecular complexity index is 577. The smallest absolute Gasteiger partial charge is 0.255 e. The summed E-state index contributed by atoms with van der Waals surface area (Å²) in [4.78, 5) is 18.1. The van der Waals surface area contributed by atoms with E-state index >= 15 is 0 Å². The monoisotopic (exact) mass is 272 g/mol. The number of nitrogens with zero attached hydrogens (tertiary/aromatic N) is 6. The molecule has 0 saturated heterocycles. The van der Waals surface area contributed by atoms with Gasteiger partial charge in [-0.15, -0.1) is 20.4 Å². The van der Waals surface area contributed by atoms with Gasteiger partial charge in [-0.25, -0.2) is 0 Å². The third-order valence-corrected chi connectivity index (χ3v) is 2.87. The molecule has 2 aromatic rings. The zero-order valence-electron chi connectivity index (χ0n) is 11.7. The summed E-state index contributed by atoms with van der Waals surface area (Å²) in [6, 6.07) is 3.41. The molecule has 7 nitrogen and oxygen atoms in total. The van der Waals surface area contributed by atoms with Crippen molar-refractivity contribution in [1.82, 2.24) is 30.3 Å². The summed E-state index contributed by atoms with van der Waals surface area (Å²) >= 11 is 0. The fourth-order valence-electron chi connectivity index (χ4n) is 1.73. The lowest BCUT2D eigenvalue weighted by atomic mass is 10.2. The van der Waals surface area contributed by atoms with Crippen LogP contribution in [0.1, 0.15) is 30.0 Å². The molecule has 0 aliphatic rings. The standard InChI is InChI=1S/C13H16N6O/c1-4-19(5-2)13(20)10-6-7-11(14-8-10)12-17-15-9(3)16-18-12/h6-8H,4-5H2,1-3H3. The minimum Gasteiger partial charge on any atom is -0.339 e. The molecule has 0 saturated carbocycles. The molecular weight excluding hydrogens is 256 g/mol. The topological polar surface area (TPSA) is 84.8 Å². The predicted octanol–water partition coefficient (Wildman–Crippen LogP) is 1.12. The molecule has 0 spiro atoms. The Hall–Kier alpha value is -2.44. The Morgan fingerprint density at radius 1 is 1.10 bits per heavy atom. The maximum Gasteiger partial charge on any atom is 0.255 e. The number of pyridine rings is 1. The molecule has 2 rings (SSSR count). The Kier molecular flexibility index (Phi) is 4.29. The summed E-state index contributed by atoms with van der Waals surface area (Å²) in [5.41, 5.74) is 1.09. The maximum absolute atomic E-state index is 12.1. The number of rotatable bonds is 4. The number of hydrogen-bond acceptors (Lipinski definition) is 6. The highest BCUT2D eigenvalue weighted by atomic mass is 16.2. The van der Waals surface area contributed by atoms with Gasteiger partial charge in [-0.2, -0.15) is 0 Å². The highest BCUT2D eigenvalue weighted by molar-refractivity contribution is 5.94. The van der Waals surface area contributed by atoms with Gasteiger partial charge in [0.25, 0.3) is 5.91 Å². The molecule has 2 aromatic heterocycles. The first-order chi connectivity index (χ1) is 9.65. The van der Waals surface area contributed by atoms with Crippen molar-refractivity contribution in [2.45, 2.75) is 20.8 Å². The van der Waals surface area contributed by atoms with Crippen LogP contribution in [-0.2, 0) is 0 Å². The summed E-state index contributed by atoms with van der Waals surface area (Å²) < 4.78 is 0. The van der Waals surface area contributed by atoms with Crippen LogP contribution in [0.5, 0.6) is 0 Å². The number of hydrogen-bond donors (Lipinski definition) is 0. The average molecular weight is 272 g/mol. The number of aryl methyl sites for hydroxylation is 1. The van der Waals surface area contributed by atoms with Crippen molar-refractivity contribution < 1.29 is 4.79 Å². The minimum absolute atomic E-state index is 0.0323. The fourth-order valence-corrected chi connectivity index (χ4v) is 1.73. The maximum atomic E-state index is 12.1. The first-order valence-corrected chi connectivity index (χ1v) is 6.45. The minimum atomic E-state index is -0.0323. The highest BCUT2D eigenvalue weighted by Gasteiger charge is 2.13. The third-order valence-electron chi connectivity index (χ3n) is 2.87. The molecule has 20 heavy (non-hydrogen) atoms. The summed E-state index contributed by atoms with van der Waals surface area (Å²) in [5, 5.41) is 15.5. The van der Waals surface area contributed by atoms with Gasteiger partial charge in [-0.3, -0.25) is 9.78 Å². The van der Waals surface area contributed by atoms with Crippen LogP contribution in [0.2, 0.25) is 0 Å². The Balaban J connectivity index is 2.22. The van der Waals surface area contributed by atoms with Gasteiger partial charge >= 0.3 is 0 Å². The van der Waals surface area contributed by atoms with E-state index in [1.54, 1.807) is 24.0 Å². The van der Waals surface area contributed by atoms with Crippen LogP contribution < -0.4 is 0 Å². The Labute approximate surface area is 117 Å². The van der Waals surface area contributed by atoms with E-state index in [0.29, 0.717) is 36.0 Å². The predicted molar refractivity (Wildman–Crippen MR) is 72.8 cm³/mol. The average Bonchev–Trinajstić information content (AvgIpc) is 2.49. The van der Waals surface area contributed by atoms with E-state index in [0.717, 1.165) is 0 Å². The molecule has 104 valence electrons. The first kappa shape index (κ1) is 14.0. The number of amides is 1.